The van der Waals surface area contributed by atoms with Crippen LogP contribution in [0.3, 0.4) is 0 Å². The Kier molecular flexibility index (Phi) is 3.55. The van der Waals surface area contributed by atoms with Crippen molar-refractivity contribution in [3.05, 3.63) is 35.4 Å². The smallest absolute Gasteiger partial charge is 0.0766 e. The quantitative estimate of drug-likeness (QED) is 0.838. The molecular weight excluding hydrogens is 210 g/mol. The standard InChI is InChI=1S/C15H23NO/c1-11(2)15(3,17)10-16-14-9-8-12-6-4-5-7-13(12)14/h4-7,11,14,16-17H,8-10H2,1-3H3. The van der Waals surface area contributed by atoms with E-state index in [1.54, 1.807) is 0 Å². The molecule has 0 amide bonds. The number of hydrogen-bond donors (Lipinski definition) is 2. The molecule has 1 aromatic rings. The average Bonchev–Trinajstić information content (AvgIpc) is 2.69. The van der Waals surface area contributed by atoms with Crippen LogP contribution in [0.5, 0.6) is 0 Å². The highest BCUT2D eigenvalue weighted by molar-refractivity contribution is 5.34. The number of fused-ring (bicyclic) bond motifs is 1. The minimum atomic E-state index is -0.627. The first-order valence-electron chi connectivity index (χ1n) is 6.54. The number of rotatable bonds is 4. The van der Waals surface area contributed by atoms with Crippen molar-refractivity contribution in [1.29, 1.82) is 0 Å². The predicted molar refractivity (Wildman–Crippen MR) is 71.0 cm³/mol. The molecule has 2 heteroatoms. The Bertz CT molecular complexity index is 384. The van der Waals surface area contributed by atoms with Gasteiger partial charge in [-0.05, 0) is 36.8 Å². The first-order chi connectivity index (χ1) is 8.00. The number of aryl methyl sites for hydroxylation is 1. The highest BCUT2D eigenvalue weighted by Crippen LogP contribution is 2.31. The van der Waals surface area contributed by atoms with E-state index in [0.29, 0.717) is 12.6 Å². The fourth-order valence-corrected chi connectivity index (χ4v) is 2.30. The zero-order valence-corrected chi connectivity index (χ0v) is 11.0. The van der Waals surface area contributed by atoms with E-state index < -0.39 is 5.60 Å². The summed E-state index contributed by atoms with van der Waals surface area (Å²) in [5.74, 6) is 0.270. The van der Waals surface area contributed by atoms with Crippen LogP contribution in [0, 0.1) is 5.92 Å². The highest BCUT2D eigenvalue weighted by atomic mass is 16.3. The summed E-state index contributed by atoms with van der Waals surface area (Å²) >= 11 is 0. The van der Waals surface area contributed by atoms with Crippen molar-refractivity contribution < 1.29 is 5.11 Å². The third-order valence-corrected chi connectivity index (χ3v) is 4.08. The van der Waals surface area contributed by atoms with Crippen molar-refractivity contribution >= 4 is 0 Å². The van der Waals surface area contributed by atoms with E-state index in [-0.39, 0.29) is 5.92 Å². The Labute approximate surface area is 104 Å². The lowest BCUT2D eigenvalue weighted by atomic mass is 9.92. The molecule has 17 heavy (non-hydrogen) atoms. The van der Waals surface area contributed by atoms with Crippen molar-refractivity contribution in [3.63, 3.8) is 0 Å². The molecule has 2 nitrogen and oxygen atoms in total. The van der Waals surface area contributed by atoms with Crippen LogP contribution < -0.4 is 5.32 Å². The number of aliphatic hydroxyl groups is 1. The lowest BCUT2D eigenvalue weighted by Crippen LogP contribution is -2.43. The molecule has 2 N–H and O–H groups in total. The minimum absolute atomic E-state index is 0.270. The van der Waals surface area contributed by atoms with E-state index in [0.717, 1.165) is 12.8 Å². The molecule has 1 aromatic carbocycles. The molecule has 2 atom stereocenters. The van der Waals surface area contributed by atoms with Crippen LogP contribution in [0.1, 0.15) is 44.4 Å². The van der Waals surface area contributed by atoms with Crippen LogP contribution in [-0.4, -0.2) is 17.3 Å². The SMILES string of the molecule is CC(C)C(C)(O)CNC1CCc2ccccc21. The van der Waals surface area contributed by atoms with Gasteiger partial charge in [0.15, 0.2) is 0 Å². The summed E-state index contributed by atoms with van der Waals surface area (Å²) < 4.78 is 0. The summed E-state index contributed by atoms with van der Waals surface area (Å²) in [4.78, 5) is 0. The molecular formula is C15H23NO. The van der Waals surface area contributed by atoms with Gasteiger partial charge in [0.1, 0.15) is 0 Å². The lowest BCUT2D eigenvalue weighted by Gasteiger charge is -2.29. The van der Waals surface area contributed by atoms with Gasteiger partial charge in [0.05, 0.1) is 5.60 Å². The van der Waals surface area contributed by atoms with Crippen molar-refractivity contribution in [2.45, 2.75) is 45.3 Å². The van der Waals surface area contributed by atoms with Gasteiger partial charge >= 0.3 is 0 Å². The van der Waals surface area contributed by atoms with Gasteiger partial charge in [-0.3, -0.25) is 0 Å². The van der Waals surface area contributed by atoms with Crippen LogP contribution >= 0.6 is 0 Å². The monoisotopic (exact) mass is 233 g/mol. The van der Waals surface area contributed by atoms with Crippen LogP contribution in [0.4, 0.5) is 0 Å². The zero-order valence-electron chi connectivity index (χ0n) is 11.0. The van der Waals surface area contributed by atoms with E-state index in [4.69, 9.17) is 0 Å². The maximum Gasteiger partial charge on any atom is 0.0766 e. The molecule has 2 rings (SSSR count). The molecule has 0 radical (unpaired) electrons. The molecule has 0 saturated carbocycles. The Hall–Kier alpha value is -0.860. The van der Waals surface area contributed by atoms with Crippen LogP contribution in [-0.2, 0) is 6.42 Å². The fraction of sp³-hybridized carbons (Fsp3) is 0.600. The molecule has 94 valence electrons. The molecule has 0 fully saturated rings. The molecule has 0 spiro atoms. The molecule has 1 aliphatic carbocycles. The molecule has 0 aliphatic heterocycles. The summed E-state index contributed by atoms with van der Waals surface area (Å²) in [6, 6.07) is 9.02. The molecule has 0 aromatic heterocycles. The van der Waals surface area contributed by atoms with Crippen molar-refractivity contribution in [2.24, 2.45) is 5.92 Å². The van der Waals surface area contributed by atoms with Gasteiger partial charge in [-0.15, -0.1) is 0 Å². The highest BCUT2D eigenvalue weighted by Gasteiger charge is 2.28. The number of hydrogen-bond acceptors (Lipinski definition) is 2. The Morgan fingerprint density at radius 3 is 2.82 bits per heavy atom. The van der Waals surface area contributed by atoms with E-state index >= 15 is 0 Å². The van der Waals surface area contributed by atoms with E-state index in [1.807, 2.05) is 6.92 Å². The summed E-state index contributed by atoms with van der Waals surface area (Å²) in [5, 5.41) is 13.7. The summed E-state index contributed by atoms with van der Waals surface area (Å²) in [5.41, 5.74) is 2.23. The molecule has 0 saturated heterocycles. The van der Waals surface area contributed by atoms with Gasteiger partial charge in [0.2, 0.25) is 0 Å². The second-order valence-corrected chi connectivity index (χ2v) is 5.68. The first-order valence-corrected chi connectivity index (χ1v) is 6.54. The molecule has 1 aliphatic rings. The van der Waals surface area contributed by atoms with Gasteiger partial charge in [0, 0.05) is 12.6 Å². The Balaban J connectivity index is 1.99. The Morgan fingerprint density at radius 2 is 2.12 bits per heavy atom. The largest absolute Gasteiger partial charge is 0.389 e. The second-order valence-electron chi connectivity index (χ2n) is 5.68. The van der Waals surface area contributed by atoms with Crippen molar-refractivity contribution in [2.75, 3.05) is 6.54 Å². The maximum atomic E-state index is 10.2. The van der Waals surface area contributed by atoms with Gasteiger partial charge in [0.25, 0.3) is 0 Å². The van der Waals surface area contributed by atoms with Crippen molar-refractivity contribution in [3.8, 4) is 0 Å². The van der Waals surface area contributed by atoms with Gasteiger partial charge in [-0.25, -0.2) is 0 Å². The van der Waals surface area contributed by atoms with E-state index in [2.05, 4.69) is 43.4 Å². The van der Waals surface area contributed by atoms with Crippen LogP contribution in [0.25, 0.3) is 0 Å². The van der Waals surface area contributed by atoms with Gasteiger partial charge < -0.3 is 10.4 Å². The fourth-order valence-electron chi connectivity index (χ4n) is 2.30. The normalized spacial score (nSPS) is 22.5. The van der Waals surface area contributed by atoms with Crippen LogP contribution in [0.15, 0.2) is 24.3 Å². The average molecular weight is 233 g/mol. The third-order valence-electron chi connectivity index (χ3n) is 4.08. The van der Waals surface area contributed by atoms with Crippen LogP contribution in [0.2, 0.25) is 0 Å². The van der Waals surface area contributed by atoms with E-state index in [1.165, 1.54) is 11.1 Å². The number of benzene rings is 1. The van der Waals surface area contributed by atoms with Gasteiger partial charge in [-0.2, -0.15) is 0 Å². The molecule has 0 heterocycles. The zero-order chi connectivity index (χ0) is 12.5. The summed E-state index contributed by atoms with van der Waals surface area (Å²) in [6.07, 6.45) is 2.30. The molecule has 2 unspecified atom stereocenters. The Morgan fingerprint density at radius 1 is 1.41 bits per heavy atom. The summed E-state index contributed by atoms with van der Waals surface area (Å²) in [6.45, 7) is 6.68. The third kappa shape index (κ3) is 2.70. The van der Waals surface area contributed by atoms with Crippen molar-refractivity contribution in [1.82, 2.24) is 5.32 Å². The minimum Gasteiger partial charge on any atom is -0.389 e. The van der Waals surface area contributed by atoms with Gasteiger partial charge in [-0.1, -0.05) is 38.1 Å². The first kappa shape index (κ1) is 12.6. The number of nitrogens with one attached hydrogen (secondary N) is 1. The topological polar surface area (TPSA) is 32.3 Å². The summed E-state index contributed by atoms with van der Waals surface area (Å²) in [7, 11) is 0. The second kappa shape index (κ2) is 4.79. The predicted octanol–water partition coefficient (Wildman–Crippen LogP) is 2.67. The maximum absolute atomic E-state index is 10.2. The van der Waals surface area contributed by atoms with E-state index in [9.17, 15) is 5.11 Å². The molecule has 0 bridgehead atoms. The lowest BCUT2D eigenvalue weighted by molar-refractivity contribution is 0.0118.